The van der Waals surface area contributed by atoms with E-state index in [4.69, 9.17) is 15.2 Å². The fourth-order valence-corrected chi connectivity index (χ4v) is 1.75. The molecular formula is C12H17NO2. The normalized spacial score (nSPS) is 20.8. The largest absolute Gasteiger partial charge is 0.348 e. The monoisotopic (exact) mass is 207 g/mol. The van der Waals surface area contributed by atoms with Gasteiger partial charge in [-0.15, -0.1) is 0 Å². The van der Waals surface area contributed by atoms with Crippen molar-refractivity contribution in [3.63, 3.8) is 0 Å². The van der Waals surface area contributed by atoms with Crippen molar-refractivity contribution >= 4 is 0 Å². The average Bonchev–Trinajstić information content (AvgIpc) is 2.42. The Morgan fingerprint density at radius 1 is 1.27 bits per heavy atom. The molecule has 2 N–H and O–H groups in total. The van der Waals surface area contributed by atoms with Crippen molar-refractivity contribution in [2.45, 2.75) is 32.8 Å². The van der Waals surface area contributed by atoms with Crippen LogP contribution in [0.25, 0.3) is 0 Å². The Kier molecular flexibility index (Phi) is 3.36. The van der Waals surface area contributed by atoms with E-state index in [0.29, 0.717) is 19.8 Å². The number of hydrogen-bond donors (Lipinski definition) is 1. The van der Waals surface area contributed by atoms with Crippen LogP contribution in [-0.2, 0) is 22.7 Å². The van der Waals surface area contributed by atoms with Gasteiger partial charge in [-0.3, -0.25) is 0 Å². The van der Waals surface area contributed by atoms with E-state index in [-0.39, 0.29) is 6.29 Å². The van der Waals surface area contributed by atoms with Gasteiger partial charge in [-0.1, -0.05) is 23.8 Å². The lowest BCUT2D eigenvalue weighted by Gasteiger charge is -2.13. The van der Waals surface area contributed by atoms with Gasteiger partial charge in [0.15, 0.2) is 6.29 Å². The minimum Gasteiger partial charge on any atom is -0.348 e. The van der Waals surface area contributed by atoms with E-state index in [2.05, 4.69) is 25.1 Å². The van der Waals surface area contributed by atoms with Crippen molar-refractivity contribution in [2.24, 2.45) is 5.73 Å². The molecule has 0 amide bonds. The molecule has 1 atom stereocenters. The molecule has 2 rings (SSSR count). The maximum absolute atomic E-state index is 5.62. The molecule has 0 saturated heterocycles. The summed E-state index contributed by atoms with van der Waals surface area (Å²) in [5.41, 5.74) is 9.19. The van der Waals surface area contributed by atoms with E-state index in [1.54, 1.807) is 0 Å². The minimum absolute atomic E-state index is 0.150. The number of rotatable bonds is 2. The second-order valence-electron chi connectivity index (χ2n) is 3.90. The van der Waals surface area contributed by atoms with Crippen LogP contribution in [0.5, 0.6) is 0 Å². The first kappa shape index (κ1) is 10.6. The predicted octanol–water partition coefficient (Wildman–Crippen LogP) is 1.72. The van der Waals surface area contributed by atoms with Crippen molar-refractivity contribution in [2.75, 3.05) is 6.54 Å². The van der Waals surface area contributed by atoms with Gasteiger partial charge in [0.2, 0.25) is 0 Å². The molecule has 0 fully saturated rings. The first-order valence-electron chi connectivity index (χ1n) is 5.31. The number of aryl methyl sites for hydroxylation is 1. The molecule has 15 heavy (non-hydrogen) atoms. The zero-order valence-electron chi connectivity index (χ0n) is 9.03. The van der Waals surface area contributed by atoms with E-state index >= 15 is 0 Å². The van der Waals surface area contributed by atoms with Gasteiger partial charge in [0.1, 0.15) is 0 Å². The Hall–Kier alpha value is -0.900. The number of benzene rings is 1. The lowest BCUT2D eigenvalue weighted by atomic mass is 10.1. The molecular weight excluding hydrogens is 190 g/mol. The molecule has 0 saturated carbocycles. The first-order chi connectivity index (χ1) is 7.29. The van der Waals surface area contributed by atoms with Gasteiger partial charge in [0.25, 0.3) is 0 Å². The highest BCUT2D eigenvalue weighted by atomic mass is 16.7. The van der Waals surface area contributed by atoms with Gasteiger partial charge in [-0.05, 0) is 24.6 Å². The molecule has 0 aliphatic carbocycles. The SMILES string of the molecule is Cc1ccc2c(c1)COC(CCN)OC2. The summed E-state index contributed by atoms with van der Waals surface area (Å²) < 4.78 is 11.2. The Bertz CT molecular complexity index is 338. The van der Waals surface area contributed by atoms with E-state index in [1.807, 2.05) is 0 Å². The standard InChI is InChI=1S/C12H17NO2/c1-9-2-3-10-7-14-12(4-5-13)15-8-11(10)6-9/h2-3,6,12H,4-5,7-8,13H2,1H3. The molecule has 1 aromatic carbocycles. The van der Waals surface area contributed by atoms with Crippen molar-refractivity contribution < 1.29 is 9.47 Å². The molecule has 1 aliphatic rings. The van der Waals surface area contributed by atoms with Crippen molar-refractivity contribution in [1.82, 2.24) is 0 Å². The van der Waals surface area contributed by atoms with Crippen molar-refractivity contribution in [3.8, 4) is 0 Å². The molecule has 1 unspecified atom stereocenters. The number of nitrogens with two attached hydrogens (primary N) is 1. The van der Waals surface area contributed by atoms with E-state index < -0.39 is 0 Å². The van der Waals surface area contributed by atoms with Gasteiger partial charge in [-0.2, -0.15) is 0 Å². The van der Waals surface area contributed by atoms with Crippen LogP contribution < -0.4 is 5.73 Å². The molecule has 0 aromatic heterocycles. The summed E-state index contributed by atoms with van der Waals surface area (Å²) in [6.45, 7) is 3.94. The zero-order chi connectivity index (χ0) is 10.7. The van der Waals surface area contributed by atoms with E-state index in [1.165, 1.54) is 16.7 Å². The van der Waals surface area contributed by atoms with Crippen LogP contribution in [0.15, 0.2) is 18.2 Å². The first-order valence-corrected chi connectivity index (χ1v) is 5.31. The van der Waals surface area contributed by atoms with Crippen LogP contribution in [0.1, 0.15) is 23.1 Å². The second kappa shape index (κ2) is 4.75. The molecule has 0 bridgehead atoms. The van der Waals surface area contributed by atoms with Gasteiger partial charge in [-0.25, -0.2) is 0 Å². The average molecular weight is 207 g/mol. The maximum Gasteiger partial charge on any atom is 0.159 e. The van der Waals surface area contributed by atoms with Gasteiger partial charge in [0.05, 0.1) is 13.2 Å². The highest BCUT2D eigenvalue weighted by Crippen LogP contribution is 2.20. The van der Waals surface area contributed by atoms with Crippen LogP contribution >= 0.6 is 0 Å². The number of ether oxygens (including phenoxy) is 2. The summed E-state index contributed by atoms with van der Waals surface area (Å²) >= 11 is 0. The topological polar surface area (TPSA) is 44.5 Å². The van der Waals surface area contributed by atoms with Crippen LogP contribution in [0.4, 0.5) is 0 Å². The molecule has 3 nitrogen and oxygen atoms in total. The van der Waals surface area contributed by atoms with E-state index in [9.17, 15) is 0 Å². The molecule has 0 spiro atoms. The van der Waals surface area contributed by atoms with Gasteiger partial charge < -0.3 is 15.2 Å². The molecule has 1 aliphatic heterocycles. The second-order valence-corrected chi connectivity index (χ2v) is 3.90. The Balaban J connectivity index is 2.11. The van der Waals surface area contributed by atoms with Crippen LogP contribution in [0.3, 0.4) is 0 Å². The van der Waals surface area contributed by atoms with E-state index in [0.717, 1.165) is 6.42 Å². The van der Waals surface area contributed by atoms with Crippen LogP contribution in [0.2, 0.25) is 0 Å². The highest BCUT2D eigenvalue weighted by Gasteiger charge is 2.15. The fraction of sp³-hybridized carbons (Fsp3) is 0.500. The molecule has 0 radical (unpaired) electrons. The molecule has 1 heterocycles. The Labute approximate surface area is 90.2 Å². The van der Waals surface area contributed by atoms with Crippen LogP contribution in [-0.4, -0.2) is 12.8 Å². The Morgan fingerprint density at radius 3 is 2.73 bits per heavy atom. The molecule has 1 aromatic rings. The fourth-order valence-electron chi connectivity index (χ4n) is 1.75. The highest BCUT2D eigenvalue weighted by molar-refractivity contribution is 5.30. The zero-order valence-corrected chi connectivity index (χ0v) is 9.03. The summed E-state index contributed by atoms with van der Waals surface area (Å²) in [6.07, 6.45) is 0.607. The number of hydrogen-bond acceptors (Lipinski definition) is 3. The lowest BCUT2D eigenvalue weighted by Crippen LogP contribution is -2.18. The molecule has 82 valence electrons. The van der Waals surface area contributed by atoms with Gasteiger partial charge >= 0.3 is 0 Å². The summed E-state index contributed by atoms with van der Waals surface area (Å²) in [7, 11) is 0. The van der Waals surface area contributed by atoms with Crippen molar-refractivity contribution in [1.29, 1.82) is 0 Å². The third-order valence-electron chi connectivity index (χ3n) is 2.61. The number of fused-ring (bicyclic) bond motifs is 1. The third kappa shape index (κ3) is 2.56. The van der Waals surface area contributed by atoms with Gasteiger partial charge in [0, 0.05) is 6.42 Å². The summed E-state index contributed by atoms with van der Waals surface area (Å²) in [5.74, 6) is 0. The quantitative estimate of drug-likeness (QED) is 0.803. The smallest absolute Gasteiger partial charge is 0.159 e. The molecule has 3 heteroatoms. The van der Waals surface area contributed by atoms with Crippen molar-refractivity contribution in [3.05, 3.63) is 34.9 Å². The minimum atomic E-state index is -0.150. The summed E-state index contributed by atoms with van der Waals surface area (Å²) in [5, 5.41) is 0. The Morgan fingerprint density at radius 2 is 2.00 bits per heavy atom. The summed E-state index contributed by atoms with van der Waals surface area (Å²) in [6, 6.07) is 6.37. The maximum atomic E-state index is 5.62. The summed E-state index contributed by atoms with van der Waals surface area (Å²) in [4.78, 5) is 0. The third-order valence-corrected chi connectivity index (χ3v) is 2.61. The van der Waals surface area contributed by atoms with Crippen LogP contribution in [0, 0.1) is 6.92 Å². The lowest BCUT2D eigenvalue weighted by molar-refractivity contribution is -0.150. The predicted molar refractivity (Wildman–Crippen MR) is 58.2 cm³/mol.